The van der Waals surface area contributed by atoms with Crippen molar-refractivity contribution in [2.75, 3.05) is 12.4 Å². The van der Waals surface area contributed by atoms with Gasteiger partial charge in [0.2, 0.25) is 5.28 Å². The number of methoxy groups -OCH3 is 1. The Morgan fingerprint density at radius 2 is 2.05 bits per heavy atom. The molecule has 1 aromatic carbocycles. The Morgan fingerprint density at radius 3 is 2.67 bits per heavy atom. The van der Waals surface area contributed by atoms with Crippen LogP contribution in [0.1, 0.15) is 12.8 Å². The average molecular weight is 316 g/mol. The van der Waals surface area contributed by atoms with Crippen molar-refractivity contribution in [3.05, 3.63) is 17.4 Å². The van der Waals surface area contributed by atoms with Gasteiger partial charge in [0.05, 0.1) is 12.6 Å². The Bertz CT molecular complexity index is 680. The fourth-order valence-electron chi connectivity index (χ4n) is 1.99. The highest BCUT2D eigenvalue weighted by molar-refractivity contribution is 6.28. The van der Waals surface area contributed by atoms with Crippen LogP contribution < -0.4 is 14.8 Å². The van der Waals surface area contributed by atoms with E-state index in [1.54, 1.807) is 6.07 Å². The van der Waals surface area contributed by atoms with E-state index in [1.165, 1.54) is 13.2 Å². The lowest BCUT2D eigenvalue weighted by atomic mass is 10.2. The summed E-state index contributed by atoms with van der Waals surface area (Å²) < 4.78 is 34.4. The molecule has 0 aliphatic heterocycles. The highest BCUT2D eigenvalue weighted by atomic mass is 35.5. The molecule has 112 valence electrons. The van der Waals surface area contributed by atoms with Gasteiger partial charge in [0.1, 0.15) is 5.82 Å². The van der Waals surface area contributed by atoms with Crippen LogP contribution in [0.25, 0.3) is 10.9 Å². The van der Waals surface area contributed by atoms with Gasteiger partial charge in [-0.2, -0.15) is 8.78 Å². The second-order valence-corrected chi connectivity index (χ2v) is 5.00. The molecule has 0 unspecified atom stereocenters. The van der Waals surface area contributed by atoms with Crippen LogP contribution in [-0.2, 0) is 0 Å². The normalized spacial score (nSPS) is 14.5. The van der Waals surface area contributed by atoms with E-state index in [4.69, 9.17) is 16.3 Å². The Morgan fingerprint density at radius 1 is 1.29 bits per heavy atom. The minimum absolute atomic E-state index is 0.0406. The maximum absolute atomic E-state index is 12.4. The summed E-state index contributed by atoms with van der Waals surface area (Å²) in [5.74, 6) is 0.661. The van der Waals surface area contributed by atoms with Gasteiger partial charge >= 0.3 is 6.61 Å². The lowest BCUT2D eigenvalue weighted by molar-refractivity contribution is -0.0511. The van der Waals surface area contributed by atoms with E-state index >= 15 is 0 Å². The van der Waals surface area contributed by atoms with Gasteiger partial charge in [-0.1, -0.05) is 0 Å². The number of ether oxygens (including phenoxy) is 2. The molecule has 0 spiro atoms. The minimum Gasteiger partial charge on any atom is -0.493 e. The van der Waals surface area contributed by atoms with Crippen LogP contribution in [0.2, 0.25) is 5.28 Å². The number of hydrogen-bond acceptors (Lipinski definition) is 5. The van der Waals surface area contributed by atoms with Crippen molar-refractivity contribution in [2.24, 2.45) is 0 Å². The smallest absolute Gasteiger partial charge is 0.387 e. The van der Waals surface area contributed by atoms with E-state index in [1.807, 2.05) is 0 Å². The van der Waals surface area contributed by atoms with Gasteiger partial charge in [0, 0.05) is 17.5 Å². The first-order valence-corrected chi connectivity index (χ1v) is 6.71. The van der Waals surface area contributed by atoms with E-state index < -0.39 is 6.61 Å². The Labute approximate surface area is 124 Å². The summed E-state index contributed by atoms with van der Waals surface area (Å²) in [6.45, 7) is -2.95. The second-order valence-electron chi connectivity index (χ2n) is 4.66. The predicted molar refractivity (Wildman–Crippen MR) is 74.4 cm³/mol. The van der Waals surface area contributed by atoms with Crippen molar-refractivity contribution in [3.8, 4) is 11.5 Å². The van der Waals surface area contributed by atoms with E-state index in [2.05, 4.69) is 20.0 Å². The van der Waals surface area contributed by atoms with Gasteiger partial charge in [-0.05, 0) is 30.5 Å². The molecule has 3 rings (SSSR count). The third-order valence-electron chi connectivity index (χ3n) is 3.09. The topological polar surface area (TPSA) is 56.3 Å². The minimum atomic E-state index is -2.95. The molecule has 0 bridgehead atoms. The monoisotopic (exact) mass is 315 g/mol. The molecule has 0 amide bonds. The summed E-state index contributed by atoms with van der Waals surface area (Å²) in [7, 11) is 1.38. The molecule has 1 aromatic heterocycles. The second kappa shape index (κ2) is 5.48. The van der Waals surface area contributed by atoms with Gasteiger partial charge in [-0.25, -0.2) is 9.97 Å². The number of fused-ring (bicyclic) bond motifs is 1. The zero-order chi connectivity index (χ0) is 15.0. The molecule has 1 fully saturated rings. The van der Waals surface area contributed by atoms with Gasteiger partial charge in [0.25, 0.3) is 0 Å². The first-order chi connectivity index (χ1) is 10.1. The molecule has 1 N–H and O–H groups in total. The van der Waals surface area contributed by atoms with Gasteiger partial charge in [-0.3, -0.25) is 0 Å². The number of halogens is 3. The Kier molecular flexibility index (Phi) is 3.67. The number of hydrogen-bond donors (Lipinski definition) is 1. The molecule has 0 radical (unpaired) electrons. The molecule has 0 atom stereocenters. The molecular weight excluding hydrogens is 304 g/mol. The highest BCUT2D eigenvalue weighted by Crippen LogP contribution is 2.36. The van der Waals surface area contributed by atoms with Crippen LogP contribution in [-0.4, -0.2) is 29.7 Å². The van der Waals surface area contributed by atoms with Gasteiger partial charge in [-0.15, -0.1) is 0 Å². The molecular formula is C13H12ClF2N3O2. The van der Waals surface area contributed by atoms with Crippen LogP contribution in [0.15, 0.2) is 12.1 Å². The molecule has 1 aliphatic carbocycles. The quantitative estimate of drug-likeness (QED) is 0.856. The molecule has 1 aliphatic rings. The van der Waals surface area contributed by atoms with Crippen molar-refractivity contribution >= 4 is 28.3 Å². The number of rotatable bonds is 5. The molecule has 1 heterocycles. The van der Waals surface area contributed by atoms with Crippen LogP contribution in [0.3, 0.4) is 0 Å². The van der Waals surface area contributed by atoms with Crippen molar-refractivity contribution in [3.63, 3.8) is 0 Å². The molecule has 0 saturated heterocycles. The van der Waals surface area contributed by atoms with Crippen molar-refractivity contribution in [1.29, 1.82) is 0 Å². The van der Waals surface area contributed by atoms with Crippen molar-refractivity contribution < 1.29 is 18.3 Å². The van der Waals surface area contributed by atoms with E-state index in [0.717, 1.165) is 12.8 Å². The van der Waals surface area contributed by atoms with Crippen molar-refractivity contribution in [2.45, 2.75) is 25.5 Å². The molecule has 5 nitrogen and oxygen atoms in total. The highest BCUT2D eigenvalue weighted by Gasteiger charge is 2.23. The summed E-state index contributed by atoms with van der Waals surface area (Å²) in [6.07, 6.45) is 2.12. The number of nitrogens with zero attached hydrogens (tertiary/aromatic N) is 2. The standard InChI is InChI=1S/C13H12ClF2N3O2/c1-20-9-4-7-8(5-10(9)21-13(15)16)18-12(14)19-11(7)17-6-2-3-6/h4-6,13H,2-3H2,1H3,(H,17,18,19). The maximum atomic E-state index is 12.4. The lowest BCUT2D eigenvalue weighted by Gasteiger charge is -2.13. The van der Waals surface area contributed by atoms with Crippen LogP contribution in [0, 0.1) is 0 Å². The number of nitrogens with one attached hydrogen (secondary N) is 1. The molecule has 1 saturated carbocycles. The van der Waals surface area contributed by atoms with Gasteiger partial charge < -0.3 is 14.8 Å². The van der Waals surface area contributed by atoms with E-state index in [-0.39, 0.29) is 16.8 Å². The largest absolute Gasteiger partial charge is 0.493 e. The summed E-state index contributed by atoms with van der Waals surface area (Å²) in [4.78, 5) is 8.19. The third kappa shape index (κ3) is 3.07. The van der Waals surface area contributed by atoms with Crippen LogP contribution in [0.4, 0.5) is 14.6 Å². The number of alkyl halides is 2. The van der Waals surface area contributed by atoms with Gasteiger partial charge in [0.15, 0.2) is 11.5 Å². The lowest BCUT2D eigenvalue weighted by Crippen LogP contribution is -2.06. The first-order valence-electron chi connectivity index (χ1n) is 6.33. The average Bonchev–Trinajstić information content (AvgIpc) is 3.21. The summed E-state index contributed by atoms with van der Waals surface area (Å²) >= 11 is 5.88. The Hall–Kier alpha value is -1.89. The molecule has 8 heteroatoms. The zero-order valence-electron chi connectivity index (χ0n) is 11.1. The first kappa shape index (κ1) is 14.1. The molecule has 2 aromatic rings. The molecule has 21 heavy (non-hydrogen) atoms. The van der Waals surface area contributed by atoms with E-state index in [9.17, 15) is 8.78 Å². The fourth-order valence-corrected chi connectivity index (χ4v) is 2.16. The SMILES string of the molecule is COc1cc2c(NC3CC3)nc(Cl)nc2cc1OC(F)F. The van der Waals surface area contributed by atoms with Crippen LogP contribution in [0.5, 0.6) is 11.5 Å². The number of anilines is 1. The van der Waals surface area contributed by atoms with E-state index in [0.29, 0.717) is 22.8 Å². The predicted octanol–water partition coefficient (Wildman–Crippen LogP) is 3.47. The number of aromatic nitrogens is 2. The maximum Gasteiger partial charge on any atom is 0.387 e. The summed E-state index contributed by atoms with van der Waals surface area (Å²) in [6, 6.07) is 3.29. The Balaban J connectivity index is 2.11. The zero-order valence-corrected chi connectivity index (χ0v) is 11.8. The third-order valence-corrected chi connectivity index (χ3v) is 3.26. The summed E-state index contributed by atoms with van der Waals surface area (Å²) in [5.41, 5.74) is 0.412. The fraction of sp³-hybridized carbons (Fsp3) is 0.385. The summed E-state index contributed by atoms with van der Waals surface area (Å²) in [5, 5.41) is 3.92. The van der Waals surface area contributed by atoms with Crippen LogP contribution >= 0.6 is 11.6 Å². The number of benzene rings is 1. The van der Waals surface area contributed by atoms with Crippen molar-refractivity contribution in [1.82, 2.24) is 9.97 Å².